The van der Waals surface area contributed by atoms with Crippen LogP contribution in [-0.2, 0) is 10.0 Å². The van der Waals surface area contributed by atoms with Crippen LogP contribution < -0.4 is 4.72 Å². The van der Waals surface area contributed by atoms with Crippen molar-refractivity contribution >= 4 is 15.7 Å². The number of aliphatic hydroxyl groups is 1. The topological polar surface area (TPSA) is 66.4 Å². The van der Waals surface area contributed by atoms with Gasteiger partial charge in [0.1, 0.15) is 0 Å². The first kappa shape index (κ1) is 14.1. The van der Waals surface area contributed by atoms with Crippen LogP contribution >= 0.6 is 0 Å². The lowest BCUT2D eigenvalue weighted by Gasteiger charge is -2.13. The molecule has 21 heavy (non-hydrogen) atoms. The molecule has 1 unspecified atom stereocenters. The molecule has 2 N–H and O–H groups in total. The van der Waals surface area contributed by atoms with E-state index in [0.717, 1.165) is 18.4 Å². The summed E-state index contributed by atoms with van der Waals surface area (Å²) in [7, 11) is -3.59. The Morgan fingerprint density at radius 1 is 1.05 bits per heavy atom. The smallest absolute Gasteiger partial charge is 0.261 e. The molecule has 4 nitrogen and oxygen atoms in total. The van der Waals surface area contributed by atoms with Crippen LogP contribution in [0.5, 0.6) is 0 Å². The average molecular weight is 303 g/mol. The Labute approximate surface area is 124 Å². The molecule has 0 amide bonds. The number of hydrogen-bond donors (Lipinski definition) is 2. The summed E-state index contributed by atoms with van der Waals surface area (Å²) in [5.74, 6) is 0.311. The molecule has 0 aromatic heterocycles. The molecule has 0 radical (unpaired) electrons. The summed E-state index contributed by atoms with van der Waals surface area (Å²) in [4.78, 5) is 0.221. The number of anilines is 1. The van der Waals surface area contributed by atoms with Crippen molar-refractivity contribution in [3.8, 4) is 0 Å². The van der Waals surface area contributed by atoms with Crippen LogP contribution in [0.3, 0.4) is 0 Å². The first-order chi connectivity index (χ1) is 10.1. The molecule has 1 saturated carbocycles. The minimum absolute atomic E-state index is 0.221. The molecule has 1 fully saturated rings. The van der Waals surface area contributed by atoms with Crippen molar-refractivity contribution in [3.63, 3.8) is 0 Å². The summed E-state index contributed by atoms with van der Waals surface area (Å²) in [5.41, 5.74) is 1.22. The van der Waals surface area contributed by atoms with Gasteiger partial charge in [-0.15, -0.1) is 0 Å². The Morgan fingerprint density at radius 2 is 1.76 bits per heavy atom. The highest BCUT2D eigenvalue weighted by molar-refractivity contribution is 7.92. The molecule has 0 heterocycles. The third kappa shape index (κ3) is 3.25. The van der Waals surface area contributed by atoms with Gasteiger partial charge in [-0.25, -0.2) is 8.42 Å². The molecule has 2 aromatic carbocycles. The number of aliphatic hydroxyl groups excluding tert-OH is 1. The first-order valence-electron chi connectivity index (χ1n) is 6.92. The van der Waals surface area contributed by atoms with E-state index in [2.05, 4.69) is 4.72 Å². The second-order valence-electron chi connectivity index (χ2n) is 5.33. The average Bonchev–Trinajstić information content (AvgIpc) is 3.32. The minimum Gasteiger partial charge on any atom is -0.388 e. The van der Waals surface area contributed by atoms with Crippen LogP contribution in [-0.4, -0.2) is 13.5 Å². The lowest BCUT2D eigenvalue weighted by molar-refractivity contribution is 0.154. The highest BCUT2D eigenvalue weighted by Gasteiger charge is 2.30. The van der Waals surface area contributed by atoms with Crippen LogP contribution in [0, 0.1) is 5.92 Å². The quantitative estimate of drug-likeness (QED) is 0.892. The van der Waals surface area contributed by atoms with E-state index in [1.54, 1.807) is 48.5 Å². The van der Waals surface area contributed by atoms with Gasteiger partial charge in [0.05, 0.1) is 11.0 Å². The van der Waals surface area contributed by atoms with Gasteiger partial charge in [0.2, 0.25) is 0 Å². The maximum Gasteiger partial charge on any atom is 0.261 e. The van der Waals surface area contributed by atoms with Crippen molar-refractivity contribution < 1.29 is 13.5 Å². The van der Waals surface area contributed by atoms with Crippen LogP contribution in [0.25, 0.3) is 0 Å². The minimum atomic E-state index is -3.59. The fourth-order valence-corrected chi connectivity index (χ4v) is 3.35. The predicted octanol–water partition coefficient (Wildman–Crippen LogP) is 2.93. The predicted molar refractivity (Wildman–Crippen MR) is 81.4 cm³/mol. The molecule has 1 aliphatic rings. The van der Waals surface area contributed by atoms with E-state index in [9.17, 15) is 13.5 Å². The standard InChI is InChI=1S/C16H17NO3S/c18-16(12-9-10-12)13-5-4-6-14(11-13)17-21(19,20)15-7-2-1-3-8-15/h1-8,11-12,16-18H,9-10H2. The summed E-state index contributed by atoms with van der Waals surface area (Å²) in [5, 5.41) is 10.1. The Hall–Kier alpha value is -1.85. The SMILES string of the molecule is O=S(=O)(Nc1cccc(C(O)C2CC2)c1)c1ccccc1. The normalized spacial score (nSPS) is 16.4. The molecule has 0 bridgehead atoms. The Bertz CT molecular complexity index is 724. The molecule has 0 saturated heterocycles. The summed E-state index contributed by atoms with van der Waals surface area (Å²) in [6.07, 6.45) is 1.55. The number of sulfonamides is 1. The molecule has 3 rings (SSSR count). The van der Waals surface area contributed by atoms with E-state index in [1.165, 1.54) is 0 Å². The van der Waals surface area contributed by atoms with Gasteiger partial charge in [0.25, 0.3) is 10.0 Å². The molecule has 110 valence electrons. The van der Waals surface area contributed by atoms with E-state index in [1.807, 2.05) is 6.07 Å². The van der Waals surface area contributed by atoms with Crippen molar-refractivity contribution in [1.29, 1.82) is 0 Å². The summed E-state index contributed by atoms with van der Waals surface area (Å²) >= 11 is 0. The molecule has 5 heteroatoms. The van der Waals surface area contributed by atoms with Gasteiger partial charge < -0.3 is 5.11 Å². The van der Waals surface area contributed by atoms with Crippen molar-refractivity contribution in [3.05, 3.63) is 60.2 Å². The fraction of sp³-hybridized carbons (Fsp3) is 0.250. The molecule has 0 spiro atoms. The number of benzene rings is 2. The van der Waals surface area contributed by atoms with E-state index >= 15 is 0 Å². The van der Waals surface area contributed by atoms with Crippen molar-refractivity contribution in [2.45, 2.75) is 23.8 Å². The zero-order valence-electron chi connectivity index (χ0n) is 11.4. The van der Waals surface area contributed by atoms with Crippen molar-refractivity contribution in [2.24, 2.45) is 5.92 Å². The number of rotatable bonds is 5. The lowest BCUT2D eigenvalue weighted by atomic mass is 10.1. The van der Waals surface area contributed by atoms with Gasteiger partial charge in [-0.05, 0) is 48.6 Å². The van der Waals surface area contributed by atoms with Gasteiger partial charge in [-0.3, -0.25) is 4.72 Å². The summed E-state index contributed by atoms with van der Waals surface area (Å²) in [6.45, 7) is 0. The first-order valence-corrected chi connectivity index (χ1v) is 8.40. The van der Waals surface area contributed by atoms with Crippen LogP contribution in [0.15, 0.2) is 59.5 Å². The summed E-state index contributed by atoms with van der Waals surface area (Å²) < 4.78 is 27.1. The maximum atomic E-state index is 12.3. The zero-order valence-corrected chi connectivity index (χ0v) is 12.3. The van der Waals surface area contributed by atoms with Crippen LogP contribution in [0.1, 0.15) is 24.5 Å². The van der Waals surface area contributed by atoms with E-state index in [0.29, 0.717) is 11.6 Å². The van der Waals surface area contributed by atoms with Gasteiger partial charge in [-0.2, -0.15) is 0 Å². The van der Waals surface area contributed by atoms with Gasteiger partial charge in [0, 0.05) is 5.69 Å². The second kappa shape index (κ2) is 5.50. The van der Waals surface area contributed by atoms with Crippen LogP contribution in [0.4, 0.5) is 5.69 Å². The molecule has 0 aliphatic heterocycles. The number of nitrogens with one attached hydrogen (secondary N) is 1. The number of hydrogen-bond acceptors (Lipinski definition) is 3. The highest BCUT2D eigenvalue weighted by atomic mass is 32.2. The molecular weight excluding hydrogens is 286 g/mol. The molecule has 1 aliphatic carbocycles. The fourth-order valence-electron chi connectivity index (χ4n) is 2.28. The Kier molecular flexibility index (Phi) is 3.69. The summed E-state index contributed by atoms with van der Waals surface area (Å²) in [6, 6.07) is 15.2. The molecular formula is C16H17NO3S. The van der Waals surface area contributed by atoms with Crippen molar-refractivity contribution in [1.82, 2.24) is 0 Å². The van der Waals surface area contributed by atoms with Gasteiger partial charge in [-0.1, -0.05) is 30.3 Å². The lowest BCUT2D eigenvalue weighted by Crippen LogP contribution is -2.13. The van der Waals surface area contributed by atoms with E-state index in [4.69, 9.17) is 0 Å². The van der Waals surface area contributed by atoms with E-state index in [-0.39, 0.29) is 4.90 Å². The maximum absolute atomic E-state index is 12.3. The monoisotopic (exact) mass is 303 g/mol. The Morgan fingerprint density at radius 3 is 2.43 bits per heavy atom. The second-order valence-corrected chi connectivity index (χ2v) is 7.01. The molecule has 2 aromatic rings. The van der Waals surface area contributed by atoms with Crippen LogP contribution in [0.2, 0.25) is 0 Å². The molecule has 1 atom stereocenters. The Balaban J connectivity index is 1.83. The third-order valence-electron chi connectivity index (χ3n) is 3.60. The van der Waals surface area contributed by atoms with Gasteiger partial charge in [0.15, 0.2) is 0 Å². The third-order valence-corrected chi connectivity index (χ3v) is 5.00. The van der Waals surface area contributed by atoms with Crippen molar-refractivity contribution in [2.75, 3.05) is 4.72 Å². The largest absolute Gasteiger partial charge is 0.388 e. The van der Waals surface area contributed by atoms with E-state index < -0.39 is 16.1 Å². The van der Waals surface area contributed by atoms with Gasteiger partial charge >= 0.3 is 0 Å². The highest BCUT2D eigenvalue weighted by Crippen LogP contribution is 2.41. The zero-order chi connectivity index (χ0) is 14.9.